The lowest BCUT2D eigenvalue weighted by Gasteiger charge is -2.20. The zero-order chi connectivity index (χ0) is 10.3. The molecule has 0 bridgehead atoms. The van der Waals surface area contributed by atoms with Gasteiger partial charge in [0, 0.05) is 18.4 Å². The van der Waals surface area contributed by atoms with Gasteiger partial charge in [0.1, 0.15) is 5.78 Å². The summed E-state index contributed by atoms with van der Waals surface area (Å²) in [7, 11) is 0. The molecule has 0 radical (unpaired) electrons. The number of carbonyl (C=O) groups excluding carboxylic acids is 1. The first-order valence-electron chi connectivity index (χ1n) is 6.49. The first-order valence-corrected chi connectivity index (χ1v) is 6.49. The lowest BCUT2D eigenvalue weighted by molar-refractivity contribution is -0.128. The molecule has 2 nitrogen and oxygen atoms in total. The molecular formula is C13H20O2. The maximum absolute atomic E-state index is 12.2. The van der Waals surface area contributed by atoms with Crippen LogP contribution in [0, 0.1) is 23.7 Å². The van der Waals surface area contributed by atoms with E-state index in [2.05, 4.69) is 0 Å². The average molecular weight is 208 g/mol. The maximum atomic E-state index is 12.2. The average Bonchev–Trinajstić information content (AvgIpc) is 3.03. The Morgan fingerprint density at radius 3 is 2.33 bits per heavy atom. The Morgan fingerprint density at radius 2 is 1.73 bits per heavy atom. The molecule has 0 N–H and O–H groups in total. The highest BCUT2D eigenvalue weighted by Gasteiger charge is 2.55. The number of fused-ring (bicyclic) bond motifs is 1. The fourth-order valence-electron chi connectivity index (χ4n) is 3.65. The monoisotopic (exact) mass is 208 g/mol. The van der Waals surface area contributed by atoms with Crippen molar-refractivity contribution in [2.24, 2.45) is 23.7 Å². The Balaban J connectivity index is 1.60. The highest BCUT2D eigenvalue weighted by atomic mass is 16.5. The number of ether oxygens (including phenoxy) is 1. The Bertz CT molecular complexity index is 243. The Labute approximate surface area is 91.4 Å². The zero-order valence-electron chi connectivity index (χ0n) is 9.28. The molecule has 2 saturated carbocycles. The van der Waals surface area contributed by atoms with Crippen molar-refractivity contribution in [3.05, 3.63) is 0 Å². The van der Waals surface area contributed by atoms with Crippen molar-refractivity contribution in [1.29, 1.82) is 0 Å². The van der Waals surface area contributed by atoms with Crippen molar-refractivity contribution >= 4 is 5.78 Å². The summed E-state index contributed by atoms with van der Waals surface area (Å²) in [4.78, 5) is 12.2. The number of carbonyl (C=O) groups is 1. The van der Waals surface area contributed by atoms with Crippen LogP contribution >= 0.6 is 0 Å². The molecule has 1 heterocycles. The lowest BCUT2D eigenvalue weighted by Crippen LogP contribution is -2.27. The fourth-order valence-corrected chi connectivity index (χ4v) is 3.65. The van der Waals surface area contributed by atoms with E-state index in [0.717, 1.165) is 31.3 Å². The van der Waals surface area contributed by atoms with Crippen LogP contribution in [0.2, 0.25) is 0 Å². The van der Waals surface area contributed by atoms with Crippen LogP contribution in [0.15, 0.2) is 0 Å². The minimum absolute atomic E-state index is 0.245. The minimum atomic E-state index is 0.245. The van der Waals surface area contributed by atoms with Gasteiger partial charge in [0.2, 0.25) is 0 Å². The first kappa shape index (κ1) is 9.83. The van der Waals surface area contributed by atoms with Crippen molar-refractivity contribution < 1.29 is 9.53 Å². The summed E-state index contributed by atoms with van der Waals surface area (Å²) in [6, 6.07) is 0. The summed E-state index contributed by atoms with van der Waals surface area (Å²) in [5, 5.41) is 0. The number of ketones is 1. The van der Waals surface area contributed by atoms with E-state index in [4.69, 9.17) is 4.74 Å². The second-order valence-corrected chi connectivity index (χ2v) is 5.45. The fraction of sp³-hybridized carbons (Fsp3) is 0.923. The second kappa shape index (κ2) is 3.89. The molecule has 3 rings (SSSR count). The van der Waals surface area contributed by atoms with Gasteiger partial charge in [-0.2, -0.15) is 0 Å². The van der Waals surface area contributed by atoms with E-state index < -0.39 is 0 Å². The standard InChI is InChI=1S/C13H20O2/c14-13(9-4-3-7-15-8-9)12-10-5-1-2-6-11(10)12/h9-12H,1-8H2. The third-order valence-electron chi connectivity index (χ3n) is 4.55. The molecule has 2 heteroatoms. The van der Waals surface area contributed by atoms with Gasteiger partial charge < -0.3 is 4.74 Å². The van der Waals surface area contributed by atoms with E-state index in [1.165, 1.54) is 25.7 Å². The molecule has 15 heavy (non-hydrogen) atoms. The molecular weight excluding hydrogens is 188 g/mol. The van der Waals surface area contributed by atoms with Crippen molar-refractivity contribution in [2.45, 2.75) is 38.5 Å². The normalized spacial score (nSPS) is 44.5. The topological polar surface area (TPSA) is 26.3 Å². The van der Waals surface area contributed by atoms with E-state index in [1.54, 1.807) is 0 Å². The summed E-state index contributed by atoms with van der Waals surface area (Å²) in [5.74, 6) is 2.78. The van der Waals surface area contributed by atoms with Gasteiger partial charge in [-0.05, 0) is 37.5 Å². The SMILES string of the molecule is O=C(C1CCCOC1)C1C2CCCCC21. The van der Waals surface area contributed by atoms with Crippen LogP contribution in [0.5, 0.6) is 0 Å². The highest BCUT2D eigenvalue weighted by molar-refractivity contribution is 5.86. The molecule has 0 aromatic heterocycles. The summed E-state index contributed by atoms with van der Waals surface area (Å²) in [6.07, 6.45) is 7.49. The van der Waals surface area contributed by atoms with Crippen LogP contribution in [-0.4, -0.2) is 19.0 Å². The summed E-state index contributed by atoms with van der Waals surface area (Å²) >= 11 is 0. The van der Waals surface area contributed by atoms with E-state index in [-0.39, 0.29) is 5.92 Å². The number of hydrogen-bond donors (Lipinski definition) is 0. The second-order valence-electron chi connectivity index (χ2n) is 5.45. The third-order valence-corrected chi connectivity index (χ3v) is 4.55. The third kappa shape index (κ3) is 1.73. The molecule has 1 saturated heterocycles. The summed E-state index contributed by atoms with van der Waals surface area (Å²) in [5.41, 5.74) is 0. The summed E-state index contributed by atoms with van der Waals surface area (Å²) in [6.45, 7) is 1.57. The predicted molar refractivity (Wildman–Crippen MR) is 57.5 cm³/mol. The van der Waals surface area contributed by atoms with Crippen LogP contribution in [0.25, 0.3) is 0 Å². The van der Waals surface area contributed by atoms with Gasteiger partial charge >= 0.3 is 0 Å². The van der Waals surface area contributed by atoms with Crippen molar-refractivity contribution in [3.63, 3.8) is 0 Å². The van der Waals surface area contributed by atoms with E-state index in [0.29, 0.717) is 18.3 Å². The maximum Gasteiger partial charge on any atom is 0.141 e. The van der Waals surface area contributed by atoms with Gasteiger partial charge in [0.05, 0.1) is 6.61 Å². The Hall–Kier alpha value is -0.370. The number of rotatable bonds is 2. The van der Waals surface area contributed by atoms with Crippen molar-refractivity contribution in [1.82, 2.24) is 0 Å². The number of hydrogen-bond acceptors (Lipinski definition) is 2. The molecule has 0 amide bonds. The van der Waals surface area contributed by atoms with E-state index in [9.17, 15) is 4.79 Å². The lowest BCUT2D eigenvalue weighted by atomic mass is 9.93. The predicted octanol–water partition coefficient (Wildman–Crippen LogP) is 2.42. The van der Waals surface area contributed by atoms with Crippen LogP contribution in [0.3, 0.4) is 0 Å². The van der Waals surface area contributed by atoms with Crippen molar-refractivity contribution in [2.75, 3.05) is 13.2 Å². The van der Waals surface area contributed by atoms with Gasteiger partial charge in [0.25, 0.3) is 0 Å². The van der Waals surface area contributed by atoms with Gasteiger partial charge in [-0.15, -0.1) is 0 Å². The molecule has 1 aliphatic heterocycles. The highest BCUT2D eigenvalue weighted by Crippen LogP contribution is 2.56. The molecule has 0 aromatic rings. The Morgan fingerprint density at radius 1 is 1.00 bits per heavy atom. The van der Waals surface area contributed by atoms with E-state index >= 15 is 0 Å². The van der Waals surface area contributed by atoms with Crippen LogP contribution in [0.1, 0.15) is 38.5 Å². The smallest absolute Gasteiger partial charge is 0.141 e. The summed E-state index contributed by atoms with van der Waals surface area (Å²) < 4.78 is 5.41. The molecule has 0 spiro atoms. The molecule has 0 aromatic carbocycles. The molecule has 3 aliphatic rings. The van der Waals surface area contributed by atoms with E-state index in [1.807, 2.05) is 0 Å². The van der Waals surface area contributed by atoms with Crippen LogP contribution in [0.4, 0.5) is 0 Å². The molecule has 84 valence electrons. The van der Waals surface area contributed by atoms with Gasteiger partial charge in [-0.3, -0.25) is 4.79 Å². The molecule has 3 atom stereocenters. The van der Waals surface area contributed by atoms with Gasteiger partial charge in [-0.1, -0.05) is 12.8 Å². The van der Waals surface area contributed by atoms with Gasteiger partial charge in [0.15, 0.2) is 0 Å². The van der Waals surface area contributed by atoms with Crippen LogP contribution in [-0.2, 0) is 9.53 Å². The first-order chi connectivity index (χ1) is 7.38. The molecule has 2 aliphatic carbocycles. The Kier molecular flexibility index (Phi) is 2.55. The zero-order valence-corrected chi connectivity index (χ0v) is 9.28. The molecule has 3 fully saturated rings. The quantitative estimate of drug-likeness (QED) is 0.696. The van der Waals surface area contributed by atoms with Gasteiger partial charge in [-0.25, -0.2) is 0 Å². The van der Waals surface area contributed by atoms with Crippen molar-refractivity contribution in [3.8, 4) is 0 Å². The molecule has 3 unspecified atom stereocenters. The van der Waals surface area contributed by atoms with Crippen LogP contribution < -0.4 is 0 Å². The minimum Gasteiger partial charge on any atom is -0.381 e. The number of Topliss-reactive ketones (excluding diaryl/α,β-unsaturated/α-hetero) is 1. The largest absolute Gasteiger partial charge is 0.381 e.